The highest BCUT2D eigenvalue weighted by Crippen LogP contribution is 2.53. The second-order valence-electron chi connectivity index (χ2n) is 12.2. The van der Waals surface area contributed by atoms with Crippen molar-refractivity contribution in [1.29, 1.82) is 10.5 Å². The predicted octanol–water partition coefficient (Wildman–Crippen LogP) is 3.44. The van der Waals surface area contributed by atoms with Crippen LogP contribution in [-0.4, -0.2) is 76.6 Å². The van der Waals surface area contributed by atoms with E-state index in [0.29, 0.717) is 60.4 Å². The van der Waals surface area contributed by atoms with E-state index in [1.807, 2.05) is 25.1 Å². The number of thiophene rings is 1. The van der Waals surface area contributed by atoms with Gasteiger partial charge in [0, 0.05) is 55.2 Å². The van der Waals surface area contributed by atoms with Gasteiger partial charge in [-0.3, -0.25) is 10.00 Å². The number of ether oxygens (including phenoxy) is 1. The molecule has 1 aliphatic carbocycles. The van der Waals surface area contributed by atoms with Crippen molar-refractivity contribution < 1.29 is 9.13 Å². The number of aromatic nitrogens is 4. The van der Waals surface area contributed by atoms with Gasteiger partial charge in [0.25, 0.3) is 0 Å². The number of nitrogens with zero attached hydrogens (tertiary/aromatic N) is 8. The third-order valence-electron chi connectivity index (χ3n) is 9.88. The first-order valence-corrected chi connectivity index (χ1v) is 15.2. The number of anilines is 3. The molecule has 3 atom stereocenters. The number of alkyl halides is 1. The Morgan fingerprint density at radius 2 is 2.10 bits per heavy atom. The van der Waals surface area contributed by atoms with Crippen LogP contribution in [-0.2, 0) is 11.8 Å². The maximum atomic E-state index is 14.4. The smallest absolute Gasteiger partial charge is 0.320 e. The fraction of sp³-hybridized carbons (Fsp3) is 0.552. The van der Waals surface area contributed by atoms with Crippen molar-refractivity contribution in [2.24, 2.45) is 0 Å². The number of halogens is 1. The molecule has 4 aliphatic rings. The zero-order valence-corrected chi connectivity index (χ0v) is 24.5. The molecule has 6 heterocycles. The van der Waals surface area contributed by atoms with E-state index in [1.165, 1.54) is 16.2 Å². The monoisotopic (exact) mass is 588 g/mol. The quantitative estimate of drug-likeness (QED) is 0.421. The molecule has 3 aromatic heterocycles. The van der Waals surface area contributed by atoms with Crippen molar-refractivity contribution in [1.82, 2.24) is 25.1 Å². The zero-order valence-electron chi connectivity index (χ0n) is 23.7. The average Bonchev–Trinajstić information content (AvgIpc) is 3.77. The van der Waals surface area contributed by atoms with Crippen molar-refractivity contribution in [3.8, 4) is 18.1 Å². The van der Waals surface area contributed by atoms with Crippen LogP contribution in [0, 0.1) is 22.7 Å². The van der Waals surface area contributed by atoms with E-state index in [0.717, 1.165) is 43.4 Å². The summed E-state index contributed by atoms with van der Waals surface area (Å²) in [4.78, 5) is 17.0. The summed E-state index contributed by atoms with van der Waals surface area (Å²) in [6.07, 6.45) is 6.89. The summed E-state index contributed by atoms with van der Waals surface area (Å²) < 4.78 is 20.7. The van der Waals surface area contributed by atoms with Crippen LogP contribution < -0.4 is 20.3 Å². The van der Waals surface area contributed by atoms with Crippen molar-refractivity contribution in [2.45, 2.75) is 62.2 Å². The van der Waals surface area contributed by atoms with E-state index in [-0.39, 0.29) is 23.0 Å². The highest BCUT2D eigenvalue weighted by Gasteiger charge is 2.53. The molecule has 1 spiro atoms. The molecule has 13 heteroatoms. The summed E-state index contributed by atoms with van der Waals surface area (Å²) in [6.45, 7) is 4.87. The molecule has 1 unspecified atom stereocenters. The molecule has 0 bridgehead atoms. The third kappa shape index (κ3) is 4.02. The lowest BCUT2D eigenvalue weighted by molar-refractivity contribution is 0.107. The van der Waals surface area contributed by atoms with Crippen LogP contribution in [0.15, 0.2) is 12.4 Å². The summed E-state index contributed by atoms with van der Waals surface area (Å²) in [5.74, 6) is 0.979. The molecule has 0 amide bonds. The van der Waals surface area contributed by atoms with Gasteiger partial charge in [-0.2, -0.15) is 25.6 Å². The van der Waals surface area contributed by atoms with Gasteiger partial charge in [-0.15, -0.1) is 11.3 Å². The van der Waals surface area contributed by atoms with Crippen LogP contribution >= 0.6 is 11.3 Å². The zero-order chi connectivity index (χ0) is 29.2. The van der Waals surface area contributed by atoms with Crippen LogP contribution in [0.1, 0.15) is 65.8 Å². The third-order valence-corrected chi connectivity index (χ3v) is 11.0. The van der Waals surface area contributed by atoms with Crippen LogP contribution in [0.4, 0.5) is 21.0 Å². The Morgan fingerprint density at radius 1 is 1.29 bits per heavy atom. The molecule has 3 aromatic rings. The number of H-pyrrole nitrogens is 1. The summed E-state index contributed by atoms with van der Waals surface area (Å²) in [6, 6.07) is 4.74. The molecule has 0 aromatic carbocycles. The average molecular weight is 589 g/mol. The minimum absolute atomic E-state index is 0.135. The van der Waals surface area contributed by atoms with E-state index in [9.17, 15) is 14.9 Å². The maximum Gasteiger partial charge on any atom is 0.320 e. The molecular formula is C29H33FN10OS. The fourth-order valence-corrected chi connectivity index (χ4v) is 8.72. The molecule has 7 rings (SSSR count). The normalized spacial score (nSPS) is 24.6. The molecule has 3 fully saturated rings. The number of hydrogen-bond acceptors (Lipinski definition) is 11. The van der Waals surface area contributed by atoms with E-state index < -0.39 is 6.17 Å². The maximum absolute atomic E-state index is 14.4. The number of hydrogen-bond donors (Lipinski definition) is 2. The first kappa shape index (κ1) is 26.9. The van der Waals surface area contributed by atoms with Crippen LogP contribution in [0.2, 0.25) is 0 Å². The van der Waals surface area contributed by atoms with E-state index in [1.54, 1.807) is 6.20 Å². The lowest BCUT2D eigenvalue weighted by Gasteiger charge is -2.49. The Kier molecular flexibility index (Phi) is 6.29. The van der Waals surface area contributed by atoms with Gasteiger partial charge in [0.05, 0.1) is 23.3 Å². The molecule has 3 saturated heterocycles. The first-order chi connectivity index (χ1) is 20.3. The van der Waals surface area contributed by atoms with E-state index >= 15 is 0 Å². The summed E-state index contributed by atoms with van der Waals surface area (Å²) in [5, 5.41) is 27.8. The van der Waals surface area contributed by atoms with Gasteiger partial charge >= 0.3 is 6.01 Å². The predicted molar refractivity (Wildman–Crippen MR) is 156 cm³/mol. The number of rotatable bonds is 7. The Balaban J connectivity index is 1.23. The minimum Gasteiger partial charge on any atom is -0.461 e. The standard InChI is InChI=1S/C29H33FN10OS/c1-17(18-11-34-35-12-18)38(2)25-21(10-32)26(37-27(36-25)41-16-29-5-3-7-40(29)13-19(30)8-29)39-14-28(15-39)6-4-22-23(28)20(9-31)24(33)42-22/h11-12,17,19H,3-8,13-16,33H2,1-2H3,(H,34,35)/t17?,19-,29+/m1/s1. The van der Waals surface area contributed by atoms with Crippen molar-refractivity contribution in [3.63, 3.8) is 0 Å². The Hall–Kier alpha value is -3.94. The topological polar surface area (TPSA) is 147 Å². The number of nitrogens with two attached hydrogens (primary N) is 1. The Labute approximate surface area is 247 Å². The van der Waals surface area contributed by atoms with Crippen molar-refractivity contribution in [2.75, 3.05) is 55.4 Å². The highest BCUT2D eigenvalue weighted by molar-refractivity contribution is 7.16. The van der Waals surface area contributed by atoms with Gasteiger partial charge in [0.2, 0.25) is 0 Å². The molecular weight excluding hydrogens is 555 g/mol. The molecule has 3 N–H and O–H groups in total. The summed E-state index contributed by atoms with van der Waals surface area (Å²) >= 11 is 1.51. The number of nitrogen functional groups attached to an aromatic ring is 1. The Morgan fingerprint density at radius 3 is 2.83 bits per heavy atom. The first-order valence-electron chi connectivity index (χ1n) is 14.4. The molecule has 11 nitrogen and oxygen atoms in total. The van der Waals surface area contributed by atoms with Gasteiger partial charge < -0.3 is 20.3 Å². The van der Waals surface area contributed by atoms with Gasteiger partial charge in [-0.05, 0) is 44.7 Å². The number of aromatic amines is 1. The van der Waals surface area contributed by atoms with Crippen molar-refractivity contribution >= 4 is 28.0 Å². The molecule has 42 heavy (non-hydrogen) atoms. The van der Waals surface area contributed by atoms with E-state index in [4.69, 9.17) is 20.4 Å². The molecule has 0 radical (unpaired) electrons. The SMILES string of the molecule is CC(c1cn[nH]c1)N(C)c1nc(OC[C@@]23CCCN2C[C@H](F)C3)nc(N2CC3(CCc4sc(N)c(C#N)c43)C2)c1C#N. The van der Waals surface area contributed by atoms with Gasteiger partial charge in [0.15, 0.2) is 11.6 Å². The molecule has 218 valence electrons. The lowest BCUT2D eigenvalue weighted by Crippen LogP contribution is -2.59. The lowest BCUT2D eigenvalue weighted by atomic mass is 9.74. The van der Waals surface area contributed by atoms with Gasteiger partial charge in [0.1, 0.15) is 35.5 Å². The number of nitrogens with one attached hydrogen (secondary N) is 1. The van der Waals surface area contributed by atoms with E-state index in [2.05, 4.69) is 32.1 Å². The minimum atomic E-state index is -0.859. The fourth-order valence-electron chi connectivity index (χ4n) is 7.58. The van der Waals surface area contributed by atoms with Gasteiger partial charge in [-0.1, -0.05) is 0 Å². The summed E-state index contributed by atoms with van der Waals surface area (Å²) in [7, 11) is 1.89. The number of aryl methyl sites for hydroxylation is 1. The van der Waals surface area contributed by atoms with Crippen LogP contribution in [0.5, 0.6) is 6.01 Å². The highest BCUT2D eigenvalue weighted by atomic mass is 32.1. The second-order valence-corrected chi connectivity index (χ2v) is 13.3. The Bertz CT molecular complexity index is 1600. The molecule has 0 saturated carbocycles. The molecule has 3 aliphatic heterocycles. The van der Waals surface area contributed by atoms with Crippen LogP contribution in [0.25, 0.3) is 0 Å². The largest absolute Gasteiger partial charge is 0.461 e. The summed E-state index contributed by atoms with van der Waals surface area (Å²) in [5.41, 5.74) is 8.63. The number of fused-ring (bicyclic) bond motifs is 3. The van der Waals surface area contributed by atoms with Crippen LogP contribution in [0.3, 0.4) is 0 Å². The van der Waals surface area contributed by atoms with Crippen molar-refractivity contribution in [3.05, 3.63) is 39.5 Å². The van der Waals surface area contributed by atoms with Gasteiger partial charge in [-0.25, -0.2) is 4.39 Å². The second kappa shape index (κ2) is 9.82. The number of nitriles is 2.